The van der Waals surface area contributed by atoms with Gasteiger partial charge < -0.3 is 4.74 Å². The van der Waals surface area contributed by atoms with E-state index in [1.165, 1.54) is 6.92 Å². The Morgan fingerprint density at radius 3 is 1.25 bits per heavy atom. The molecule has 0 amide bonds. The minimum atomic E-state index is -0.188. The number of benzene rings is 4. The van der Waals surface area contributed by atoms with Crippen LogP contribution in [0.5, 0.6) is 0 Å². The molecule has 7 rings (SSSR count). The zero-order valence-corrected chi connectivity index (χ0v) is 22.3. The molecule has 0 saturated carbocycles. The Morgan fingerprint density at radius 1 is 0.575 bits per heavy atom. The lowest BCUT2D eigenvalue weighted by atomic mass is 10.1. The van der Waals surface area contributed by atoms with Crippen LogP contribution < -0.4 is 0 Å². The molecule has 7 heteroatoms. The summed E-state index contributed by atoms with van der Waals surface area (Å²) in [6.07, 6.45) is 0. The summed E-state index contributed by atoms with van der Waals surface area (Å²) in [5, 5.41) is 4.37. The van der Waals surface area contributed by atoms with Crippen LogP contribution in [0.3, 0.4) is 0 Å². The van der Waals surface area contributed by atoms with E-state index in [2.05, 4.69) is 48.5 Å². The number of hydrogen-bond acceptors (Lipinski definition) is 5. The molecule has 0 aliphatic carbocycles. The molecule has 40 heavy (non-hydrogen) atoms. The first kappa shape index (κ1) is 23.8. The number of methoxy groups -OCH3 is 1. The van der Waals surface area contributed by atoms with Gasteiger partial charge >= 0.3 is 0 Å². The maximum atomic E-state index is 12.9. The minimum Gasteiger partial charge on any atom is -0.500 e. The molecule has 0 aliphatic heterocycles. The van der Waals surface area contributed by atoms with Crippen molar-refractivity contribution in [2.45, 2.75) is 13.8 Å². The predicted octanol–water partition coefficient (Wildman–Crippen LogP) is 7.03. The SMILES string of the molecule is CO/C(C)=C(\C(C)=O)c1nc(-n2c3ccccc3c3ccccc32)nc(-n2c3ccccc3c3ccccc32)n1. The lowest BCUT2D eigenvalue weighted by Gasteiger charge is -2.14. The molecule has 0 fully saturated rings. The Morgan fingerprint density at radius 2 is 0.925 bits per heavy atom. The Bertz CT molecular complexity index is 1910. The van der Waals surface area contributed by atoms with Crippen molar-refractivity contribution in [2.24, 2.45) is 0 Å². The Labute approximate surface area is 230 Å². The first-order valence-corrected chi connectivity index (χ1v) is 13.1. The monoisotopic (exact) mass is 523 g/mol. The first-order valence-electron chi connectivity index (χ1n) is 13.1. The Hall–Kier alpha value is -5.30. The fourth-order valence-corrected chi connectivity index (χ4v) is 5.61. The van der Waals surface area contributed by atoms with E-state index in [-0.39, 0.29) is 11.6 Å². The second kappa shape index (κ2) is 9.17. The van der Waals surface area contributed by atoms with Gasteiger partial charge in [0.05, 0.1) is 34.7 Å². The molecular weight excluding hydrogens is 498 g/mol. The summed E-state index contributed by atoms with van der Waals surface area (Å²) in [6.45, 7) is 3.25. The standard InChI is InChI=1S/C33H25N5O2/c1-20(39)30(21(2)40-3)31-34-32(37-26-16-8-4-12-22(26)23-13-5-9-17-27(23)37)36-33(35-31)38-28-18-10-6-14-24(28)25-15-7-11-19-29(25)38/h4-19H,1-3H3/b30-21+. The molecule has 0 radical (unpaired) electrons. The second-order valence-electron chi connectivity index (χ2n) is 9.69. The largest absolute Gasteiger partial charge is 0.500 e. The molecule has 0 atom stereocenters. The number of ether oxygens (including phenoxy) is 1. The molecule has 194 valence electrons. The highest BCUT2D eigenvalue weighted by atomic mass is 16.5. The van der Waals surface area contributed by atoms with E-state index in [4.69, 9.17) is 19.7 Å². The van der Waals surface area contributed by atoms with Crippen molar-refractivity contribution in [1.82, 2.24) is 24.1 Å². The minimum absolute atomic E-state index is 0.188. The van der Waals surface area contributed by atoms with Crippen LogP contribution in [0.15, 0.2) is 103 Å². The van der Waals surface area contributed by atoms with E-state index in [0.717, 1.165) is 43.6 Å². The van der Waals surface area contributed by atoms with Crippen LogP contribution >= 0.6 is 0 Å². The van der Waals surface area contributed by atoms with Gasteiger partial charge in [-0.15, -0.1) is 0 Å². The highest BCUT2D eigenvalue weighted by Gasteiger charge is 2.23. The van der Waals surface area contributed by atoms with Crippen molar-refractivity contribution in [3.63, 3.8) is 0 Å². The predicted molar refractivity (Wildman–Crippen MR) is 159 cm³/mol. The number of allylic oxidation sites excluding steroid dienone is 2. The second-order valence-corrected chi connectivity index (χ2v) is 9.69. The lowest BCUT2D eigenvalue weighted by molar-refractivity contribution is -0.112. The topological polar surface area (TPSA) is 74.8 Å². The van der Waals surface area contributed by atoms with Crippen LogP contribution in [0.4, 0.5) is 0 Å². The van der Waals surface area contributed by atoms with Crippen molar-refractivity contribution in [2.75, 3.05) is 7.11 Å². The van der Waals surface area contributed by atoms with Crippen molar-refractivity contribution < 1.29 is 9.53 Å². The number of aromatic nitrogens is 5. The molecule has 7 aromatic rings. The quantitative estimate of drug-likeness (QED) is 0.179. The van der Waals surface area contributed by atoms with Gasteiger partial charge in [-0.2, -0.15) is 15.0 Å². The highest BCUT2D eigenvalue weighted by molar-refractivity contribution is 6.19. The maximum Gasteiger partial charge on any atom is 0.240 e. The highest BCUT2D eigenvalue weighted by Crippen LogP contribution is 2.34. The van der Waals surface area contributed by atoms with Gasteiger partial charge in [0.15, 0.2) is 11.6 Å². The maximum absolute atomic E-state index is 12.9. The average molecular weight is 524 g/mol. The van der Waals surface area contributed by atoms with Gasteiger partial charge in [0, 0.05) is 21.5 Å². The fourth-order valence-electron chi connectivity index (χ4n) is 5.61. The number of rotatable bonds is 5. The fraction of sp³-hybridized carbons (Fsp3) is 0.0909. The van der Waals surface area contributed by atoms with Crippen molar-refractivity contribution in [1.29, 1.82) is 0 Å². The zero-order chi connectivity index (χ0) is 27.4. The van der Waals surface area contributed by atoms with Crippen LogP contribution in [0.25, 0.3) is 61.1 Å². The summed E-state index contributed by atoms with van der Waals surface area (Å²) in [4.78, 5) is 27.8. The molecule has 0 saturated heterocycles. The van der Waals surface area contributed by atoms with Crippen LogP contribution in [0, 0.1) is 0 Å². The van der Waals surface area contributed by atoms with Gasteiger partial charge in [-0.1, -0.05) is 72.8 Å². The van der Waals surface area contributed by atoms with Crippen LogP contribution in [-0.2, 0) is 9.53 Å². The Balaban J connectivity index is 1.64. The summed E-state index contributed by atoms with van der Waals surface area (Å²) in [5.41, 5.74) is 4.17. The average Bonchev–Trinajstić information content (AvgIpc) is 3.50. The van der Waals surface area contributed by atoms with Gasteiger partial charge in [-0.05, 0) is 38.1 Å². The number of Topliss-reactive ketones (excluding diaryl/α,β-unsaturated/α-hetero) is 1. The normalized spacial score (nSPS) is 12.4. The van der Waals surface area contributed by atoms with E-state index in [0.29, 0.717) is 23.2 Å². The van der Waals surface area contributed by atoms with Gasteiger partial charge in [-0.25, -0.2) is 0 Å². The van der Waals surface area contributed by atoms with E-state index in [9.17, 15) is 4.79 Å². The van der Waals surface area contributed by atoms with E-state index < -0.39 is 0 Å². The van der Waals surface area contributed by atoms with Gasteiger partial charge in [-0.3, -0.25) is 13.9 Å². The lowest BCUT2D eigenvalue weighted by Crippen LogP contribution is -2.14. The molecule has 0 aliphatic rings. The molecule has 0 unspecified atom stereocenters. The third-order valence-electron chi connectivity index (χ3n) is 7.41. The van der Waals surface area contributed by atoms with Gasteiger partial charge in [0.2, 0.25) is 11.9 Å². The molecule has 0 N–H and O–H groups in total. The number of ketones is 1. The number of carbonyl (C=O) groups is 1. The van der Waals surface area contributed by atoms with Crippen molar-refractivity contribution in [3.05, 3.63) is 109 Å². The Kier molecular flexibility index (Phi) is 5.45. The zero-order valence-electron chi connectivity index (χ0n) is 22.3. The van der Waals surface area contributed by atoms with Gasteiger partial charge in [0.25, 0.3) is 0 Å². The van der Waals surface area contributed by atoms with Gasteiger partial charge in [0.1, 0.15) is 5.76 Å². The number of para-hydroxylation sites is 4. The number of fused-ring (bicyclic) bond motifs is 6. The molecule has 0 spiro atoms. The smallest absolute Gasteiger partial charge is 0.240 e. The summed E-state index contributed by atoms with van der Waals surface area (Å²) in [6, 6.07) is 32.7. The van der Waals surface area contributed by atoms with E-state index in [1.807, 2.05) is 57.7 Å². The number of nitrogens with zero attached hydrogens (tertiary/aromatic N) is 5. The van der Waals surface area contributed by atoms with E-state index in [1.54, 1.807) is 14.0 Å². The van der Waals surface area contributed by atoms with Crippen LogP contribution in [0.1, 0.15) is 19.7 Å². The van der Waals surface area contributed by atoms with E-state index >= 15 is 0 Å². The third-order valence-corrected chi connectivity index (χ3v) is 7.41. The van der Waals surface area contributed by atoms with Crippen molar-refractivity contribution in [3.8, 4) is 11.9 Å². The molecule has 4 aromatic carbocycles. The van der Waals surface area contributed by atoms with Crippen molar-refractivity contribution >= 4 is 55.0 Å². The summed E-state index contributed by atoms with van der Waals surface area (Å²) in [5.74, 6) is 1.35. The third kappa shape index (κ3) is 3.51. The molecule has 7 nitrogen and oxygen atoms in total. The molecule has 3 heterocycles. The molecule has 3 aromatic heterocycles. The summed E-state index contributed by atoms with van der Waals surface area (Å²) in [7, 11) is 1.54. The first-order chi connectivity index (χ1) is 19.6. The molecule has 0 bridgehead atoms. The van der Waals surface area contributed by atoms with Crippen LogP contribution in [0.2, 0.25) is 0 Å². The number of carbonyl (C=O) groups excluding carboxylic acids is 1. The van der Waals surface area contributed by atoms with Crippen LogP contribution in [-0.4, -0.2) is 37.0 Å². The molecular formula is C33H25N5O2. The summed E-state index contributed by atoms with van der Waals surface area (Å²) < 4.78 is 9.58. The number of hydrogen-bond donors (Lipinski definition) is 0. The summed E-state index contributed by atoms with van der Waals surface area (Å²) >= 11 is 0.